The molecule has 3 rings (SSSR count). The maximum atomic E-state index is 12.6. The summed E-state index contributed by atoms with van der Waals surface area (Å²) in [7, 11) is -3.48. The highest BCUT2D eigenvalue weighted by atomic mass is 32.2. The Labute approximate surface area is 118 Å². The van der Waals surface area contributed by atoms with Gasteiger partial charge in [-0.3, -0.25) is 0 Å². The molecule has 2 atom stereocenters. The largest absolute Gasteiger partial charge is 0.449 e. The van der Waals surface area contributed by atoms with Crippen LogP contribution in [-0.4, -0.2) is 37.3 Å². The zero-order chi connectivity index (χ0) is 13.9. The normalized spacial score (nSPS) is 35.7. The van der Waals surface area contributed by atoms with Crippen molar-refractivity contribution >= 4 is 21.8 Å². The Kier molecular flexibility index (Phi) is 2.86. The molecule has 106 valence electrons. The zero-order valence-electron chi connectivity index (χ0n) is 11.5. The first kappa shape index (κ1) is 13.5. The zero-order valence-corrected chi connectivity index (χ0v) is 13.1. The fraction of sp³-hybridized carbons (Fsp3) is 0.692. The first-order valence-corrected chi connectivity index (χ1v) is 9.01. The summed E-state index contributed by atoms with van der Waals surface area (Å²) in [5.74, 6) is 2.70. The van der Waals surface area contributed by atoms with Gasteiger partial charge in [-0.2, -0.15) is 16.1 Å². The summed E-state index contributed by atoms with van der Waals surface area (Å²) in [6, 6.07) is 3.25. The highest BCUT2D eigenvalue weighted by molar-refractivity contribution is 7.99. The van der Waals surface area contributed by atoms with Crippen LogP contribution in [-0.2, 0) is 10.0 Å². The van der Waals surface area contributed by atoms with Crippen LogP contribution in [0.15, 0.2) is 21.6 Å². The third-order valence-corrected chi connectivity index (χ3v) is 8.01. The molecule has 4 nitrogen and oxygen atoms in total. The molecular formula is C13H19NO3S2. The van der Waals surface area contributed by atoms with Crippen molar-refractivity contribution in [3.05, 3.63) is 17.9 Å². The Morgan fingerprint density at radius 1 is 1.21 bits per heavy atom. The maximum absolute atomic E-state index is 12.6. The third kappa shape index (κ3) is 1.87. The number of sulfonamides is 1. The Morgan fingerprint density at radius 2 is 1.79 bits per heavy atom. The van der Waals surface area contributed by atoms with E-state index in [-0.39, 0.29) is 15.9 Å². The van der Waals surface area contributed by atoms with Gasteiger partial charge in [0.1, 0.15) is 5.76 Å². The second-order valence-corrected chi connectivity index (χ2v) is 9.11. The monoisotopic (exact) mass is 301 g/mol. The molecule has 0 aliphatic carbocycles. The van der Waals surface area contributed by atoms with Gasteiger partial charge in [0.25, 0.3) is 10.0 Å². The molecule has 2 aliphatic heterocycles. The number of hydrogen-bond donors (Lipinski definition) is 0. The van der Waals surface area contributed by atoms with Crippen molar-refractivity contribution in [1.29, 1.82) is 0 Å². The fourth-order valence-electron chi connectivity index (χ4n) is 3.01. The van der Waals surface area contributed by atoms with E-state index < -0.39 is 10.0 Å². The van der Waals surface area contributed by atoms with Crippen molar-refractivity contribution in [2.45, 2.75) is 25.9 Å². The highest BCUT2D eigenvalue weighted by Gasteiger charge is 2.57. The molecule has 0 radical (unpaired) electrons. The van der Waals surface area contributed by atoms with Gasteiger partial charge < -0.3 is 4.42 Å². The molecule has 0 bridgehead atoms. The van der Waals surface area contributed by atoms with Gasteiger partial charge in [-0.25, -0.2) is 8.42 Å². The van der Waals surface area contributed by atoms with Gasteiger partial charge in [-0.15, -0.1) is 0 Å². The van der Waals surface area contributed by atoms with Gasteiger partial charge >= 0.3 is 0 Å². The van der Waals surface area contributed by atoms with E-state index in [2.05, 4.69) is 13.8 Å². The van der Waals surface area contributed by atoms with E-state index in [9.17, 15) is 8.42 Å². The SMILES string of the molecule is Cc1ccc(S(=O)(=O)N2C[C@]3(C)CSC[C@]3(C)C2)o1. The van der Waals surface area contributed by atoms with Crippen molar-refractivity contribution in [2.24, 2.45) is 10.8 Å². The van der Waals surface area contributed by atoms with Crippen LogP contribution in [0.1, 0.15) is 19.6 Å². The number of nitrogens with zero attached hydrogens (tertiary/aromatic N) is 1. The lowest BCUT2D eigenvalue weighted by molar-refractivity contribution is 0.212. The molecule has 2 fully saturated rings. The molecule has 3 heterocycles. The van der Waals surface area contributed by atoms with Crippen LogP contribution in [0.5, 0.6) is 0 Å². The molecule has 2 aliphatic rings. The van der Waals surface area contributed by atoms with Crippen LogP contribution in [0.25, 0.3) is 0 Å². The van der Waals surface area contributed by atoms with Crippen molar-refractivity contribution < 1.29 is 12.8 Å². The standard InChI is InChI=1S/C13H19NO3S2/c1-10-4-5-11(17-10)19(15,16)14-6-12(2)8-18-9-13(12,3)7-14/h4-5H,6-9H2,1-3H3/t12-,13+. The van der Waals surface area contributed by atoms with Crippen LogP contribution in [0, 0.1) is 17.8 Å². The van der Waals surface area contributed by atoms with Gasteiger partial charge in [0.2, 0.25) is 5.09 Å². The van der Waals surface area contributed by atoms with E-state index in [1.165, 1.54) is 0 Å². The number of fused-ring (bicyclic) bond motifs is 1. The molecule has 2 saturated heterocycles. The predicted molar refractivity (Wildman–Crippen MR) is 75.7 cm³/mol. The maximum Gasteiger partial charge on any atom is 0.276 e. The van der Waals surface area contributed by atoms with Gasteiger partial charge in [-0.05, 0) is 29.9 Å². The number of furan rings is 1. The first-order valence-electron chi connectivity index (χ1n) is 6.41. The number of aryl methyl sites for hydroxylation is 1. The summed E-state index contributed by atoms with van der Waals surface area (Å²) < 4.78 is 32.1. The van der Waals surface area contributed by atoms with E-state index in [1.807, 2.05) is 11.8 Å². The molecule has 0 N–H and O–H groups in total. The molecule has 0 unspecified atom stereocenters. The minimum atomic E-state index is -3.48. The first-order chi connectivity index (χ1) is 8.77. The molecule has 1 aromatic heterocycles. The van der Waals surface area contributed by atoms with Gasteiger partial charge in [0, 0.05) is 24.6 Å². The lowest BCUT2D eigenvalue weighted by Gasteiger charge is -2.31. The smallest absolute Gasteiger partial charge is 0.276 e. The summed E-state index contributed by atoms with van der Waals surface area (Å²) in [4.78, 5) is 0. The van der Waals surface area contributed by atoms with Crippen LogP contribution in [0.2, 0.25) is 0 Å². The van der Waals surface area contributed by atoms with Crippen LogP contribution in [0.3, 0.4) is 0 Å². The van der Waals surface area contributed by atoms with Crippen molar-refractivity contribution in [3.8, 4) is 0 Å². The molecule has 1 aromatic rings. The summed E-state index contributed by atoms with van der Waals surface area (Å²) in [6.07, 6.45) is 0. The van der Waals surface area contributed by atoms with Crippen LogP contribution >= 0.6 is 11.8 Å². The van der Waals surface area contributed by atoms with Crippen molar-refractivity contribution in [3.63, 3.8) is 0 Å². The molecule has 0 spiro atoms. The summed E-state index contributed by atoms with van der Waals surface area (Å²) in [5.41, 5.74) is 0.152. The average Bonchev–Trinajstić information content (AvgIpc) is 2.90. The van der Waals surface area contributed by atoms with Crippen molar-refractivity contribution in [1.82, 2.24) is 4.31 Å². The van der Waals surface area contributed by atoms with Crippen LogP contribution in [0.4, 0.5) is 0 Å². The quantitative estimate of drug-likeness (QED) is 0.841. The Bertz CT molecular complexity index is 591. The Balaban J connectivity index is 1.93. The summed E-state index contributed by atoms with van der Waals surface area (Å²) in [5, 5.41) is 0.0739. The molecule has 0 saturated carbocycles. The Hall–Kier alpha value is -0.460. The minimum absolute atomic E-state index is 0.0739. The fourth-order valence-corrected chi connectivity index (χ4v) is 6.53. The average molecular weight is 301 g/mol. The van der Waals surface area contributed by atoms with Crippen LogP contribution < -0.4 is 0 Å². The summed E-state index contributed by atoms with van der Waals surface area (Å²) in [6.45, 7) is 7.36. The molecule has 6 heteroatoms. The number of rotatable bonds is 2. The second-order valence-electron chi connectivity index (χ2n) is 6.25. The van der Waals surface area contributed by atoms with E-state index in [0.717, 1.165) is 11.5 Å². The van der Waals surface area contributed by atoms with E-state index in [1.54, 1.807) is 23.4 Å². The van der Waals surface area contributed by atoms with Gasteiger partial charge in [0.15, 0.2) is 0 Å². The van der Waals surface area contributed by atoms with Crippen molar-refractivity contribution in [2.75, 3.05) is 24.6 Å². The highest BCUT2D eigenvalue weighted by Crippen LogP contribution is 2.55. The molecule has 0 aromatic carbocycles. The predicted octanol–water partition coefficient (Wildman–Crippen LogP) is 2.35. The van der Waals surface area contributed by atoms with E-state index in [0.29, 0.717) is 18.8 Å². The van der Waals surface area contributed by atoms with E-state index in [4.69, 9.17) is 4.42 Å². The van der Waals surface area contributed by atoms with Gasteiger partial charge in [-0.1, -0.05) is 13.8 Å². The minimum Gasteiger partial charge on any atom is -0.449 e. The third-order valence-electron chi connectivity index (χ3n) is 4.66. The van der Waals surface area contributed by atoms with E-state index >= 15 is 0 Å². The summed E-state index contributed by atoms with van der Waals surface area (Å²) >= 11 is 1.93. The number of thioether (sulfide) groups is 1. The molecule has 0 amide bonds. The Morgan fingerprint density at radius 3 is 2.26 bits per heavy atom. The van der Waals surface area contributed by atoms with Gasteiger partial charge in [0.05, 0.1) is 0 Å². The lowest BCUT2D eigenvalue weighted by Crippen LogP contribution is -2.34. The lowest BCUT2D eigenvalue weighted by atomic mass is 9.71. The molecule has 19 heavy (non-hydrogen) atoms. The number of hydrogen-bond acceptors (Lipinski definition) is 4. The topological polar surface area (TPSA) is 50.5 Å². The second kappa shape index (κ2) is 4.02. The molecular weight excluding hydrogens is 282 g/mol.